The van der Waals surface area contributed by atoms with Crippen LogP contribution in [0.5, 0.6) is 0 Å². The molecule has 0 saturated heterocycles. The minimum Gasteiger partial charge on any atom is -0.271 e. The molecule has 0 radical (unpaired) electrons. The molecule has 0 saturated carbocycles. The van der Waals surface area contributed by atoms with Crippen molar-refractivity contribution >= 4 is 11.6 Å². The van der Waals surface area contributed by atoms with Gasteiger partial charge >= 0.3 is 0 Å². The van der Waals surface area contributed by atoms with Gasteiger partial charge in [0.25, 0.3) is 0 Å². The smallest absolute Gasteiger partial charge is 0.0462 e. The summed E-state index contributed by atoms with van der Waals surface area (Å²) in [6, 6.07) is 6.30. The van der Waals surface area contributed by atoms with Crippen molar-refractivity contribution in [3.8, 4) is 0 Å². The van der Waals surface area contributed by atoms with Crippen molar-refractivity contribution in [2.45, 2.75) is 39.7 Å². The molecule has 0 spiro atoms. The fourth-order valence-electron chi connectivity index (χ4n) is 1.75. The van der Waals surface area contributed by atoms with E-state index in [1.807, 2.05) is 19.1 Å². The Kier molecular flexibility index (Phi) is 5.26. The van der Waals surface area contributed by atoms with E-state index in [-0.39, 0.29) is 6.04 Å². The molecule has 1 rings (SSSR count). The topological polar surface area (TPSA) is 38.0 Å². The van der Waals surface area contributed by atoms with E-state index < -0.39 is 0 Å². The average molecular weight is 241 g/mol. The lowest BCUT2D eigenvalue weighted by Gasteiger charge is -2.20. The summed E-state index contributed by atoms with van der Waals surface area (Å²) < 4.78 is 0. The summed E-state index contributed by atoms with van der Waals surface area (Å²) in [5.41, 5.74) is 5.20. The number of nitrogens with one attached hydrogen (secondary N) is 1. The molecule has 3 N–H and O–H groups in total. The molecule has 1 aromatic rings. The maximum absolute atomic E-state index is 6.01. The highest BCUT2D eigenvalue weighted by molar-refractivity contribution is 6.31. The zero-order valence-corrected chi connectivity index (χ0v) is 11.0. The summed E-state index contributed by atoms with van der Waals surface area (Å²) in [6.07, 6.45) is 2.22. The van der Waals surface area contributed by atoms with Crippen molar-refractivity contribution in [2.24, 2.45) is 11.8 Å². The fraction of sp³-hybridized carbons (Fsp3) is 0.538. The van der Waals surface area contributed by atoms with Gasteiger partial charge in [-0.2, -0.15) is 0 Å². The van der Waals surface area contributed by atoms with Gasteiger partial charge in [-0.1, -0.05) is 44.0 Å². The third-order valence-electron chi connectivity index (χ3n) is 3.12. The molecular weight excluding hydrogens is 220 g/mol. The Hall–Kier alpha value is -0.570. The number of rotatable bonds is 5. The molecule has 90 valence electrons. The maximum Gasteiger partial charge on any atom is 0.0462 e. The van der Waals surface area contributed by atoms with Crippen LogP contribution < -0.4 is 11.3 Å². The highest BCUT2D eigenvalue weighted by Crippen LogP contribution is 2.25. The van der Waals surface area contributed by atoms with E-state index in [4.69, 9.17) is 17.4 Å². The Morgan fingerprint density at radius 1 is 1.44 bits per heavy atom. The predicted octanol–water partition coefficient (Wildman–Crippen LogP) is 3.59. The fourth-order valence-corrected chi connectivity index (χ4v) is 1.87. The van der Waals surface area contributed by atoms with Gasteiger partial charge in [0, 0.05) is 11.1 Å². The number of hydrogen-bond donors (Lipinski definition) is 2. The van der Waals surface area contributed by atoms with Gasteiger partial charge in [0.1, 0.15) is 0 Å². The van der Waals surface area contributed by atoms with Crippen molar-refractivity contribution in [3.63, 3.8) is 0 Å². The van der Waals surface area contributed by atoms with E-state index in [9.17, 15) is 0 Å². The maximum atomic E-state index is 6.01. The Bertz CT molecular complexity index is 339. The summed E-state index contributed by atoms with van der Waals surface area (Å²) in [7, 11) is 0. The van der Waals surface area contributed by atoms with Crippen LogP contribution >= 0.6 is 11.6 Å². The molecule has 0 aliphatic rings. The van der Waals surface area contributed by atoms with Crippen LogP contribution in [0.1, 0.15) is 43.9 Å². The zero-order chi connectivity index (χ0) is 12.1. The molecule has 0 fully saturated rings. The molecule has 1 aromatic carbocycles. The van der Waals surface area contributed by atoms with Crippen LogP contribution in [-0.2, 0) is 0 Å². The quantitative estimate of drug-likeness (QED) is 0.610. The molecule has 0 aliphatic heterocycles. The van der Waals surface area contributed by atoms with E-state index >= 15 is 0 Å². The first kappa shape index (κ1) is 13.5. The lowest BCUT2D eigenvalue weighted by molar-refractivity contribution is 0.407. The van der Waals surface area contributed by atoms with Gasteiger partial charge in [0.05, 0.1) is 0 Å². The Morgan fingerprint density at radius 2 is 2.12 bits per heavy atom. The lowest BCUT2D eigenvalue weighted by Crippen LogP contribution is -2.29. The van der Waals surface area contributed by atoms with E-state index in [1.165, 1.54) is 12.0 Å². The van der Waals surface area contributed by atoms with Crippen molar-refractivity contribution in [1.82, 2.24) is 5.43 Å². The van der Waals surface area contributed by atoms with E-state index in [2.05, 4.69) is 25.3 Å². The molecule has 16 heavy (non-hydrogen) atoms. The molecule has 0 amide bonds. The van der Waals surface area contributed by atoms with E-state index in [1.54, 1.807) is 0 Å². The minimum absolute atomic E-state index is 0.214. The van der Waals surface area contributed by atoms with Crippen LogP contribution in [0, 0.1) is 12.8 Å². The average Bonchev–Trinajstić information content (AvgIpc) is 2.29. The van der Waals surface area contributed by atoms with Gasteiger partial charge in [-0.3, -0.25) is 11.3 Å². The first-order valence-corrected chi connectivity index (χ1v) is 6.18. The monoisotopic (exact) mass is 240 g/mol. The second kappa shape index (κ2) is 6.24. The van der Waals surface area contributed by atoms with Gasteiger partial charge < -0.3 is 0 Å². The van der Waals surface area contributed by atoms with Gasteiger partial charge in [0.15, 0.2) is 0 Å². The van der Waals surface area contributed by atoms with Crippen LogP contribution in [0.15, 0.2) is 18.2 Å². The van der Waals surface area contributed by atoms with Gasteiger partial charge in [-0.15, -0.1) is 0 Å². The molecule has 2 atom stereocenters. The zero-order valence-electron chi connectivity index (χ0n) is 10.3. The van der Waals surface area contributed by atoms with Crippen molar-refractivity contribution in [2.75, 3.05) is 0 Å². The number of hydrogen-bond acceptors (Lipinski definition) is 2. The third kappa shape index (κ3) is 3.48. The number of halogens is 1. The number of hydrazine groups is 1. The standard InChI is InChI=1S/C13H21ClN2/c1-4-9(2)7-13(16-15)11-5-6-12(14)10(3)8-11/h5-6,8-9,13,16H,4,7,15H2,1-3H3. The van der Waals surface area contributed by atoms with Crippen molar-refractivity contribution < 1.29 is 0 Å². The summed E-state index contributed by atoms with van der Waals surface area (Å²) in [5.74, 6) is 6.28. The number of aryl methyl sites for hydroxylation is 1. The SMILES string of the molecule is CCC(C)CC(NN)c1ccc(Cl)c(C)c1. The Labute approximate surface area is 103 Å². The molecule has 2 unspecified atom stereocenters. The molecule has 0 aliphatic carbocycles. The summed E-state index contributed by atoms with van der Waals surface area (Å²) >= 11 is 6.01. The molecule has 3 heteroatoms. The van der Waals surface area contributed by atoms with Crippen LogP contribution in [0.3, 0.4) is 0 Å². The first-order chi connectivity index (χ1) is 7.58. The highest BCUT2D eigenvalue weighted by Gasteiger charge is 2.13. The second-order valence-electron chi connectivity index (χ2n) is 4.48. The summed E-state index contributed by atoms with van der Waals surface area (Å²) in [5, 5.41) is 0.808. The van der Waals surface area contributed by atoms with Crippen molar-refractivity contribution in [3.05, 3.63) is 34.3 Å². The molecule has 0 heterocycles. The lowest BCUT2D eigenvalue weighted by atomic mass is 9.94. The van der Waals surface area contributed by atoms with Crippen LogP contribution in [0.4, 0.5) is 0 Å². The largest absolute Gasteiger partial charge is 0.271 e. The number of nitrogens with two attached hydrogens (primary N) is 1. The van der Waals surface area contributed by atoms with Crippen molar-refractivity contribution in [1.29, 1.82) is 0 Å². The summed E-state index contributed by atoms with van der Waals surface area (Å²) in [4.78, 5) is 0. The molecule has 0 bridgehead atoms. The third-order valence-corrected chi connectivity index (χ3v) is 3.54. The summed E-state index contributed by atoms with van der Waals surface area (Å²) in [6.45, 7) is 6.46. The van der Waals surface area contributed by atoms with Crippen LogP contribution in [-0.4, -0.2) is 0 Å². The molecule has 0 aromatic heterocycles. The van der Waals surface area contributed by atoms with Crippen LogP contribution in [0.25, 0.3) is 0 Å². The van der Waals surface area contributed by atoms with Crippen LogP contribution in [0.2, 0.25) is 5.02 Å². The van der Waals surface area contributed by atoms with E-state index in [0.717, 1.165) is 17.0 Å². The molecular formula is C13H21ClN2. The Morgan fingerprint density at radius 3 is 2.62 bits per heavy atom. The number of benzene rings is 1. The minimum atomic E-state index is 0.214. The Balaban J connectivity index is 2.82. The second-order valence-corrected chi connectivity index (χ2v) is 4.88. The van der Waals surface area contributed by atoms with Gasteiger partial charge in [-0.25, -0.2) is 0 Å². The van der Waals surface area contributed by atoms with Gasteiger partial charge in [-0.05, 0) is 36.5 Å². The molecule has 2 nitrogen and oxygen atoms in total. The van der Waals surface area contributed by atoms with Gasteiger partial charge in [0.2, 0.25) is 0 Å². The predicted molar refractivity (Wildman–Crippen MR) is 70.3 cm³/mol. The normalized spacial score (nSPS) is 14.8. The highest BCUT2D eigenvalue weighted by atomic mass is 35.5. The van der Waals surface area contributed by atoms with E-state index in [0.29, 0.717) is 5.92 Å². The first-order valence-electron chi connectivity index (χ1n) is 5.80.